The second-order valence-electron chi connectivity index (χ2n) is 21.9. The van der Waals surface area contributed by atoms with Crippen LogP contribution in [0.3, 0.4) is 0 Å². The van der Waals surface area contributed by atoms with E-state index in [2.05, 4.69) is 283 Å². The fourth-order valence-electron chi connectivity index (χ4n) is 9.87. The van der Waals surface area contributed by atoms with Crippen molar-refractivity contribution >= 4 is 54.2 Å². The Kier molecular flexibility index (Phi) is 11.9. The Morgan fingerprint density at radius 3 is 0.896 bits per heavy atom. The summed E-state index contributed by atoms with van der Waals surface area (Å²) in [5.41, 5.74) is 16.5. The maximum Gasteiger partial charge on any atom is 0.0715 e. The summed E-state index contributed by atoms with van der Waals surface area (Å²) in [5.74, 6) is 0. The second-order valence-corrected chi connectivity index (χ2v) is 30.2. The summed E-state index contributed by atoms with van der Waals surface area (Å²) >= 11 is 0. The third kappa shape index (κ3) is 8.76. The molecule has 0 bridgehead atoms. The van der Waals surface area contributed by atoms with Crippen LogP contribution in [0.15, 0.2) is 204 Å². The minimum atomic E-state index is -0.894. The van der Waals surface area contributed by atoms with Gasteiger partial charge in [-0.25, -0.2) is 20.1 Å². The molecule has 342 valence electrons. The molecule has 9 rings (SSSR count). The Hall–Kier alpha value is -5.94. The molecule has 0 radical (unpaired) electrons. The molecule has 0 aliphatic heterocycles. The highest BCUT2D eigenvalue weighted by atomic mass is 32.3. The van der Waals surface area contributed by atoms with Crippen LogP contribution in [0.2, 0.25) is 0 Å². The van der Waals surface area contributed by atoms with E-state index in [1.165, 1.54) is 54.3 Å². The van der Waals surface area contributed by atoms with Gasteiger partial charge in [0.15, 0.2) is 0 Å². The maximum absolute atomic E-state index is 2.49. The Balaban J connectivity index is 1.29. The number of fused-ring (bicyclic) bond motifs is 3. The van der Waals surface area contributed by atoms with Crippen molar-refractivity contribution in [3.8, 4) is 11.1 Å². The van der Waals surface area contributed by atoms with Crippen molar-refractivity contribution in [1.82, 2.24) is 0 Å². The van der Waals surface area contributed by atoms with E-state index in [0.717, 1.165) is 34.1 Å². The first-order chi connectivity index (χ1) is 31.7. The number of hydrogen-bond acceptors (Lipinski definition) is 2. The molecule has 0 saturated carbocycles. The van der Waals surface area contributed by atoms with Crippen molar-refractivity contribution in [2.24, 2.45) is 0 Å². The van der Waals surface area contributed by atoms with E-state index in [1.807, 2.05) is 0 Å². The first-order valence-corrected chi connectivity index (χ1v) is 29.2. The fourth-order valence-corrected chi connectivity index (χ4v) is 11.8. The van der Waals surface area contributed by atoms with Gasteiger partial charge in [0.25, 0.3) is 0 Å². The number of rotatable bonds is 10. The molecule has 8 aromatic rings. The lowest BCUT2D eigenvalue weighted by molar-refractivity contribution is 0.590. The Bertz CT molecular complexity index is 2670. The van der Waals surface area contributed by atoms with Crippen LogP contribution in [-0.4, -0.2) is 37.5 Å². The summed E-state index contributed by atoms with van der Waals surface area (Å²) in [6.45, 7) is 13.7. The van der Waals surface area contributed by atoms with Gasteiger partial charge in [-0.05, 0) is 200 Å². The maximum atomic E-state index is 2.49. The molecule has 0 saturated heterocycles. The number of nitrogens with zero attached hydrogens (tertiary/aromatic N) is 2. The van der Waals surface area contributed by atoms with Gasteiger partial charge in [-0.1, -0.05) is 139 Å². The van der Waals surface area contributed by atoms with Crippen LogP contribution in [-0.2, 0) is 16.2 Å². The van der Waals surface area contributed by atoms with Crippen molar-refractivity contribution in [2.75, 3.05) is 47.3 Å². The quantitative estimate of drug-likeness (QED) is 0.135. The van der Waals surface area contributed by atoms with E-state index in [4.69, 9.17) is 0 Å². The highest BCUT2D eigenvalue weighted by molar-refractivity contribution is 8.32. The second kappa shape index (κ2) is 17.3. The van der Waals surface area contributed by atoms with Crippen LogP contribution in [0.1, 0.15) is 74.9 Å². The Labute approximate surface area is 405 Å². The highest BCUT2D eigenvalue weighted by Crippen LogP contribution is 2.59. The molecule has 2 nitrogen and oxygen atoms in total. The summed E-state index contributed by atoms with van der Waals surface area (Å²) in [6.07, 6.45) is 14.2. The van der Waals surface area contributed by atoms with Crippen molar-refractivity contribution in [2.45, 2.75) is 67.6 Å². The molecule has 0 N–H and O–H groups in total. The molecule has 0 aromatic heterocycles. The van der Waals surface area contributed by atoms with Gasteiger partial charge in [0.05, 0.1) is 5.41 Å². The lowest BCUT2D eigenvalue weighted by Crippen LogP contribution is -2.29. The summed E-state index contributed by atoms with van der Waals surface area (Å²) in [7, 11) is -1.79. The molecule has 8 aromatic carbocycles. The highest BCUT2D eigenvalue weighted by Gasteiger charge is 2.47. The van der Waals surface area contributed by atoms with Crippen LogP contribution in [0, 0.1) is 0 Å². The van der Waals surface area contributed by atoms with Crippen molar-refractivity contribution in [3.05, 3.63) is 228 Å². The first kappa shape index (κ1) is 46.2. The van der Waals surface area contributed by atoms with Crippen LogP contribution in [0.5, 0.6) is 0 Å². The predicted molar refractivity (Wildman–Crippen MR) is 298 cm³/mol. The van der Waals surface area contributed by atoms with Gasteiger partial charge in [-0.15, -0.1) is 0 Å². The van der Waals surface area contributed by atoms with E-state index >= 15 is 0 Å². The fraction of sp³-hybridized carbons (Fsp3) is 0.238. The van der Waals surface area contributed by atoms with Gasteiger partial charge in [-0.3, -0.25) is 0 Å². The number of anilines is 6. The topological polar surface area (TPSA) is 6.48 Å². The molecule has 0 unspecified atom stereocenters. The predicted octanol–water partition coefficient (Wildman–Crippen LogP) is 17.7. The molecule has 0 atom stereocenters. The molecule has 4 heteroatoms. The van der Waals surface area contributed by atoms with Crippen LogP contribution in [0.4, 0.5) is 34.1 Å². The minimum absolute atomic E-state index is 0.0475. The molecule has 0 heterocycles. The van der Waals surface area contributed by atoms with Crippen molar-refractivity contribution in [3.63, 3.8) is 0 Å². The van der Waals surface area contributed by atoms with Crippen molar-refractivity contribution in [1.29, 1.82) is 0 Å². The molecule has 67 heavy (non-hydrogen) atoms. The van der Waals surface area contributed by atoms with E-state index in [0.29, 0.717) is 0 Å². The third-order valence-electron chi connectivity index (χ3n) is 13.6. The molecule has 1 aliphatic rings. The smallest absolute Gasteiger partial charge is 0.0715 e. The lowest BCUT2D eigenvalue weighted by atomic mass is 9.67. The zero-order chi connectivity index (χ0) is 47.5. The van der Waals surface area contributed by atoms with Gasteiger partial charge in [0.2, 0.25) is 0 Å². The largest absolute Gasteiger partial charge is 0.310 e. The monoisotopic (exact) mass is 916 g/mol. The van der Waals surface area contributed by atoms with Gasteiger partial charge in [-0.2, -0.15) is 0 Å². The first-order valence-electron chi connectivity index (χ1n) is 23.5. The van der Waals surface area contributed by atoms with Gasteiger partial charge in [0, 0.05) is 34.1 Å². The molecule has 0 spiro atoms. The van der Waals surface area contributed by atoms with Gasteiger partial charge >= 0.3 is 0 Å². The average Bonchev–Trinajstić information content (AvgIpc) is 3.59. The van der Waals surface area contributed by atoms with Crippen LogP contribution >= 0.6 is 20.1 Å². The van der Waals surface area contributed by atoms with E-state index in [9.17, 15) is 0 Å². The standard InChI is InChI=1S/C63H68N2S2/c1-61(2,3)45-23-27-49(28-24-45)64(51-31-37-55(38-32-51)66(7,8)9)53-35-41-57-58-42-36-54(44-60(58)63(59(57)43-53,47-19-15-13-16-20-47)48-21-17-14-18-22-48)65(50-29-25-46(26-30-50)62(4,5)6)52-33-39-56(40-34-52)67(10,11)12/h13-44H,1-12H3. The van der Waals surface area contributed by atoms with E-state index in [-0.39, 0.29) is 10.8 Å². The molecule has 1 aliphatic carbocycles. The van der Waals surface area contributed by atoms with Crippen molar-refractivity contribution < 1.29 is 0 Å². The molecular formula is C63H68N2S2. The van der Waals surface area contributed by atoms with Gasteiger partial charge in [0.1, 0.15) is 0 Å². The molecular weight excluding hydrogens is 849 g/mol. The Morgan fingerprint density at radius 2 is 0.612 bits per heavy atom. The average molecular weight is 917 g/mol. The lowest BCUT2D eigenvalue weighted by Gasteiger charge is -2.36. The zero-order valence-corrected chi connectivity index (χ0v) is 43.3. The molecule has 0 fully saturated rings. The molecule has 0 amide bonds. The SMILES string of the molecule is CC(C)(C)c1ccc(N(c2ccc(S(C)(C)C)cc2)c2ccc3c(c2)C(c2ccccc2)(c2ccccc2)c2cc(N(c4ccc(C(C)(C)C)cc4)c4ccc(S(C)(C)C)cc4)ccc2-3)cc1. The van der Waals surface area contributed by atoms with Gasteiger partial charge < -0.3 is 9.80 Å². The van der Waals surface area contributed by atoms with Crippen LogP contribution in [0.25, 0.3) is 11.1 Å². The third-order valence-corrected chi connectivity index (χ3v) is 17.0. The summed E-state index contributed by atoms with van der Waals surface area (Å²) in [4.78, 5) is 7.71. The van der Waals surface area contributed by atoms with E-state index in [1.54, 1.807) is 0 Å². The van der Waals surface area contributed by atoms with Crippen LogP contribution < -0.4 is 9.80 Å². The summed E-state index contributed by atoms with van der Waals surface area (Å²) in [6, 6.07) is 73.9. The minimum Gasteiger partial charge on any atom is -0.310 e. The summed E-state index contributed by atoms with van der Waals surface area (Å²) < 4.78 is 0. The van der Waals surface area contributed by atoms with E-state index < -0.39 is 25.5 Å². The Morgan fingerprint density at radius 1 is 0.328 bits per heavy atom. The summed E-state index contributed by atoms with van der Waals surface area (Å²) in [5, 5.41) is 0. The number of benzene rings is 8. The zero-order valence-electron chi connectivity index (χ0n) is 41.7. The normalized spacial score (nSPS) is 14.0. The number of hydrogen-bond donors (Lipinski definition) is 0.